The summed E-state index contributed by atoms with van der Waals surface area (Å²) in [6.45, 7) is 1.49. The van der Waals surface area contributed by atoms with E-state index in [1.165, 1.54) is 12.1 Å². The number of carbonyl (C=O) groups excluding carboxylic acids is 1. The van der Waals surface area contributed by atoms with Gasteiger partial charge in [-0.15, -0.1) is 0 Å². The van der Waals surface area contributed by atoms with Crippen LogP contribution < -0.4 is 10.9 Å². The Kier molecular flexibility index (Phi) is 5.19. The number of aliphatic hydroxyl groups is 1. The zero-order valence-corrected chi connectivity index (χ0v) is 10.4. The Balaban J connectivity index is 2.91. The Morgan fingerprint density at radius 2 is 2.16 bits per heavy atom. The van der Waals surface area contributed by atoms with Gasteiger partial charge in [0.05, 0.1) is 6.61 Å². The number of carboxylic acids is 1. The molecule has 0 aliphatic carbocycles. The van der Waals surface area contributed by atoms with Gasteiger partial charge in [-0.1, -0.05) is 6.92 Å². The highest BCUT2D eigenvalue weighted by atomic mass is 16.4. The third-order valence-electron chi connectivity index (χ3n) is 2.32. The fourth-order valence-corrected chi connectivity index (χ4v) is 1.36. The minimum absolute atomic E-state index is 0.0762. The van der Waals surface area contributed by atoms with E-state index in [0.717, 1.165) is 4.68 Å². The van der Waals surface area contributed by atoms with Crippen molar-refractivity contribution in [2.24, 2.45) is 0 Å². The van der Waals surface area contributed by atoms with Gasteiger partial charge in [-0.05, 0) is 12.5 Å². The molecule has 0 fully saturated rings. The summed E-state index contributed by atoms with van der Waals surface area (Å²) in [6, 6.07) is 0.993. The molecular formula is C11H15N3O5. The second-order valence-electron chi connectivity index (χ2n) is 3.83. The van der Waals surface area contributed by atoms with Crippen LogP contribution in [0.5, 0.6) is 0 Å². The maximum absolute atomic E-state index is 11.7. The minimum atomic E-state index is -1.40. The van der Waals surface area contributed by atoms with E-state index in [0.29, 0.717) is 13.0 Å². The maximum Gasteiger partial charge on any atom is 0.328 e. The van der Waals surface area contributed by atoms with Gasteiger partial charge in [0, 0.05) is 12.6 Å². The Bertz CT molecular complexity index is 525. The Labute approximate surface area is 108 Å². The van der Waals surface area contributed by atoms with Gasteiger partial charge < -0.3 is 15.5 Å². The molecule has 0 saturated carbocycles. The Morgan fingerprint density at radius 3 is 2.68 bits per heavy atom. The molecule has 1 heterocycles. The predicted octanol–water partition coefficient (Wildman–Crippen LogP) is -1.17. The quantitative estimate of drug-likeness (QED) is 0.598. The molecule has 8 nitrogen and oxygen atoms in total. The minimum Gasteiger partial charge on any atom is -0.480 e. The van der Waals surface area contributed by atoms with Crippen LogP contribution in [-0.2, 0) is 11.3 Å². The largest absolute Gasteiger partial charge is 0.480 e. The van der Waals surface area contributed by atoms with Gasteiger partial charge in [-0.25, -0.2) is 9.48 Å². The molecular weight excluding hydrogens is 254 g/mol. The highest BCUT2D eigenvalue weighted by Crippen LogP contribution is 1.94. The van der Waals surface area contributed by atoms with Crippen molar-refractivity contribution in [2.75, 3.05) is 6.61 Å². The average molecular weight is 269 g/mol. The molecule has 104 valence electrons. The average Bonchev–Trinajstić information content (AvgIpc) is 2.38. The number of hydrogen-bond acceptors (Lipinski definition) is 5. The van der Waals surface area contributed by atoms with Gasteiger partial charge in [-0.2, -0.15) is 5.10 Å². The Morgan fingerprint density at radius 1 is 1.47 bits per heavy atom. The van der Waals surface area contributed by atoms with Crippen LogP contribution in [0, 0.1) is 0 Å². The fraction of sp³-hybridized carbons (Fsp3) is 0.455. The van der Waals surface area contributed by atoms with Crippen LogP contribution in [0.15, 0.2) is 16.9 Å². The van der Waals surface area contributed by atoms with Crippen molar-refractivity contribution in [1.82, 2.24) is 15.1 Å². The van der Waals surface area contributed by atoms with E-state index in [1.807, 2.05) is 6.92 Å². The fourth-order valence-electron chi connectivity index (χ4n) is 1.36. The van der Waals surface area contributed by atoms with Crippen molar-refractivity contribution in [2.45, 2.75) is 25.9 Å². The van der Waals surface area contributed by atoms with Gasteiger partial charge in [0.2, 0.25) is 0 Å². The number of rotatable bonds is 6. The van der Waals surface area contributed by atoms with Gasteiger partial charge in [0.15, 0.2) is 6.04 Å². The molecule has 19 heavy (non-hydrogen) atoms. The molecule has 1 rings (SSSR count). The standard InChI is InChI=1S/C11H15N3O5/c1-2-5-14-9(16)4-3-7(13-14)10(17)12-8(6-15)11(18)19/h3-4,8,15H,2,5-6H2,1H3,(H,12,17)(H,18,19)/t8-/m0/s1. The highest BCUT2D eigenvalue weighted by molar-refractivity contribution is 5.94. The first kappa shape index (κ1) is 14.8. The molecule has 8 heteroatoms. The van der Waals surface area contributed by atoms with Crippen molar-refractivity contribution in [3.05, 3.63) is 28.2 Å². The van der Waals surface area contributed by atoms with E-state index in [9.17, 15) is 14.4 Å². The second-order valence-corrected chi connectivity index (χ2v) is 3.83. The number of aliphatic carboxylic acids is 1. The number of aromatic nitrogens is 2. The lowest BCUT2D eigenvalue weighted by Gasteiger charge is -2.11. The molecule has 0 spiro atoms. The summed E-state index contributed by atoms with van der Waals surface area (Å²) in [4.78, 5) is 33.8. The summed E-state index contributed by atoms with van der Waals surface area (Å²) >= 11 is 0. The third kappa shape index (κ3) is 3.88. The van der Waals surface area contributed by atoms with Crippen molar-refractivity contribution < 1.29 is 19.8 Å². The van der Waals surface area contributed by atoms with E-state index in [2.05, 4.69) is 10.4 Å². The Hall–Kier alpha value is -2.22. The summed E-state index contributed by atoms with van der Waals surface area (Å²) in [5.74, 6) is -2.11. The first-order valence-electron chi connectivity index (χ1n) is 5.72. The van der Waals surface area contributed by atoms with Crippen molar-refractivity contribution >= 4 is 11.9 Å². The molecule has 0 aliphatic heterocycles. The molecule has 1 atom stereocenters. The summed E-state index contributed by atoms with van der Waals surface area (Å²) in [5, 5.41) is 23.4. The first-order valence-corrected chi connectivity index (χ1v) is 5.72. The lowest BCUT2D eigenvalue weighted by Crippen LogP contribution is -2.44. The van der Waals surface area contributed by atoms with Crippen LogP contribution >= 0.6 is 0 Å². The van der Waals surface area contributed by atoms with Crippen LogP contribution in [0.2, 0.25) is 0 Å². The molecule has 3 N–H and O–H groups in total. The van der Waals surface area contributed by atoms with E-state index in [4.69, 9.17) is 10.2 Å². The molecule has 0 aliphatic rings. The topological polar surface area (TPSA) is 122 Å². The van der Waals surface area contributed by atoms with Crippen LogP contribution in [0.1, 0.15) is 23.8 Å². The summed E-state index contributed by atoms with van der Waals surface area (Å²) in [6.07, 6.45) is 0.673. The van der Waals surface area contributed by atoms with Crippen molar-refractivity contribution in [3.8, 4) is 0 Å². The number of aryl methyl sites for hydroxylation is 1. The summed E-state index contributed by atoms with van der Waals surface area (Å²) < 4.78 is 1.13. The molecule has 0 radical (unpaired) electrons. The molecule has 0 saturated heterocycles. The number of carbonyl (C=O) groups is 2. The van der Waals surface area contributed by atoms with Gasteiger partial charge in [0.1, 0.15) is 5.69 Å². The molecule has 0 aromatic carbocycles. The van der Waals surface area contributed by atoms with Crippen molar-refractivity contribution in [3.63, 3.8) is 0 Å². The van der Waals surface area contributed by atoms with Gasteiger partial charge in [0.25, 0.3) is 11.5 Å². The van der Waals surface area contributed by atoms with Crippen LogP contribution in [0.4, 0.5) is 0 Å². The van der Waals surface area contributed by atoms with Crippen molar-refractivity contribution in [1.29, 1.82) is 0 Å². The maximum atomic E-state index is 11.7. The summed E-state index contributed by atoms with van der Waals surface area (Å²) in [7, 11) is 0. The number of nitrogens with zero attached hydrogens (tertiary/aromatic N) is 2. The lowest BCUT2D eigenvalue weighted by molar-refractivity contribution is -0.140. The van der Waals surface area contributed by atoms with Crippen LogP contribution in [-0.4, -0.2) is 44.5 Å². The number of amides is 1. The van der Waals surface area contributed by atoms with Crippen LogP contribution in [0.3, 0.4) is 0 Å². The second kappa shape index (κ2) is 6.64. The number of hydrogen-bond donors (Lipinski definition) is 3. The number of nitrogens with one attached hydrogen (secondary N) is 1. The zero-order chi connectivity index (χ0) is 14.4. The summed E-state index contributed by atoms with van der Waals surface area (Å²) in [5.41, 5.74) is -0.414. The van der Waals surface area contributed by atoms with E-state index >= 15 is 0 Å². The monoisotopic (exact) mass is 269 g/mol. The SMILES string of the molecule is CCCn1nc(C(=O)N[C@@H](CO)C(=O)O)ccc1=O. The molecule has 0 bridgehead atoms. The lowest BCUT2D eigenvalue weighted by atomic mass is 10.3. The molecule has 1 aromatic heterocycles. The smallest absolute Gasteiger partial charge is 0.328 e. The van der Waals surface area contributed by atoms with E-state index < -0.39 is 24.5 Å². The van der Waals surface area contributed by atoms with E-state index in [1.54, 1.807) is 0 Å². The molecule has 1 amide bonds. The normalized spacial score (nSPS) is 11.9. The number of carboxylic acid groups (broad SMARTS) is 1. The molecule has 0 unspecified atom stereocenters. The third-order valence-corrected chi connectivity index (χ3v) is 2.32. The first-order chi connectivity index (χ1) is 8.99. The van der Waals surface area contributed by atoms with E-state index in [-0.39, 0.29) is 11.3 Å². The van der Waals surface area contributed by atoms with Gasteiger partial charge >= 0.3 is 5.97 Å². The number of aliphatic hydroxyl groups excluding tert-OH is 1. The molecule has 1 aromatic rings. The zero-order valence-electron chi connectivity index (χ0n) is 10.4. The predicted molar refractivity (Wildman–Crippen MR) is 64.8 cm³/mol. The highest BCUT2D eigenvalue weighted by Gasteiger charge is 2.20. The van der Waals surface area contributed by atoms with Crippen LogP contribution in [0.25, 0.3) is 0 Å². The van der Waals surface area contributed by atoms with Gasteiger partial charge in [-0.3, -0.25) is 9.59 Å².